The highest BCUT2D eigenvalue weighted by molar-refractivity contribution is 7.95. The molecule has 32 heavy (non-hydrogen) atoms. The lowest BCUT2D eigenvalue weighted by Crippen LogP contribution is -2.29. The number of anilines is 2. The maximum absolute atomic E-state index is 14.1. The first-order valence-corrected chi connectivity index (χ1v) is 11.1. The second-order valence-electron chi connectivity index (χ2n) is 7.20. The fourth-order valence-corrected chi connectivity index (χ4v) is 5.38. The van der Waals surface area contributed by atoms with E-state index in [-0.39, 0.29) is 28.8 Å². The average molecular weight is 453 g/mol. The summed E-state index contributed by atoms with van der Waals surface area (Å²) in [6.07, 6.45) is 1.97. The van der Waals surface area contributed by atoms with Crippen molar-refractivity contribution < 1.29 is 13.3 Å². The van der Waals surface area contributed by atoms with Crippen LogP contribution in [0.15, 0.2) is 34.0 Å². The molecule has 5 rings (SSSR count). The van der Waals surface area contributed by atoms with Gasteiger partial charge in [0.15, 0.2) is 15.7 Å². The van der Waals surface area contributed by atoms with Crippen LogP contribution in [0.1, 0.15) is 30.0 Å². The molecule has 0 saturated carbocycles. The Labute approximate surface area is 182 Å². The maximum atomic E-state index is 14.1. The van der Waals surface area contributed by atoms with E-state index in [1.165, 1.54) is 39.7 Å². The first-order chi connectivity index (χ1) is 15.3. The van der Waals surface area contributed by atoms with Crippen molar-refractivity contribution in [3.63, 3.8) is 0 Å². The molecular weight excluding hydrogens is 437 g/mol. The zero-order valence-electron chi connectivity index (χ0n) is 16.9. The normalized spacial score (nSPS) is 21.2. The van der Waals surface area contributed by atoms with Crippen LogP contribution in [0.5, 0.6) is 5.88 Å². The monoisotopic (exact) mass is 453 g/mol. The van der Waals surface area contributed by atoms with Crippen molar-refractivity contribution in [2.24, 2.45) is 16.6 Å². The van der Waals surface area contributed by atoms with E-state index in [9.17, 15) is 13.9 Å². The number of nitrogen functional groups attached to an aromatic ring is 1. The number of hydrogen-bond donors (Lipinski definition) is 1. The van der Waals surface area contributed by atoms with Crippen LogP contribution in [0.25, 0.3) is 11.3 Å². The van der Waals surface area contributed by atoms with Crippen LogP contribution in [0.2, 0.25) is 0 Å². The lowest BCUT2D eigenvalue weighted by atomic mass is 10.1. The summed E-state index contributed by atoms with van der Waals surface area (Å²) in [6, 6.07) is 6.10. The SMILES string of the molecule is C[C@H]1Oc2nc(cnc2N)-c2c(nn(C)c2C#N)CS2(=O)=NN=CN2c2ccc(F)cc21. The number of rotatable bonds is 0. The number of nitrogens with two attached hydrogens (primary N) is 1. The molecule has 2 N–H and O–H groups in total. The number of ether oxygens (including phenoxy) is 1. The molecule has 11 nitrogen and oxygen atoms in total. The van der Waals surface area contributed by atoms with Crippen LogP contribution in [0, 0.1) is 17.1 Å². The molecule has 162 valence electrons. The summed E-state index contributed by atoms with van der Waals surface area (Å²) in [7, 11) is -1.60. The highest BCUT2D eigenvalue weighted by Crippen LogP contribution is 2.37. The Morgan fingerprint density at radius 1 is 1.41 bits per heavy atom. The Balaban J connectivity index is 1.83. The van der Waals surface area contributed by atoms with Crippen molar-refractivity contribution in [1.82, 2.24) is 19.7 Å². The number of benzene rings is 1. The standard InChI is InChI=1S/C19H16FN9O2S/c1-10-12-5-11(20)3-4-15(12)29-9-24-27-32(29,30)8-14-17(16(6-21)28(2)26-14)13-7-23-18(22)19(25-13)31-10/h3-5,7,9-10H,8H2,1-2H3,(H2,22,23)/t10-,32?/m1/s1. The van der Waals surface area contributed by atoms with Crippen molar-refractivity contribution >= 4 is 27.8 Å². The van der Waals surface area contributed by atoms with E-state index in [2.05, 4.69) is 30.7 Å². The van der Waals surface area contributed by atoms with Gasteiger partial charge in [0.05, 0.1) is 34.6 Å². The molecule has 2 atom stereocenters. The summed E-state index contributed by atoms with van der Waals surface area (Å²) in [4.78, 5) is 8.59. The number of aromatic nitrogens is 4. The highest BCUT2D eigenvalue weighted by atomic mass is 32.2. The molecule has 0 radical (unpaired) electrons. The van der Waals surface area contributed by atoms with Gasteiger partial charge in [-0.1, -0.05) is 4.47 Å². The highest BCUT2D eigenvalue weighted by Gasteiger charge is 2.33. The number of hydrogen-bond acceptors (Lipinski definition) is 9. The molecular formula is C19H16FN9O2S. The zero-order valence-corrected chi connectivity index (χ0v) is 17.7. The number of halogens is 1. The Morgan fingerprint density at radius 2 is 2.22 bits per heavy atom. The predicted octanol–water partition coefficient (Wildman–Crippen LogP) is 2.27. The third kappa shape index (κ3) is 2.95. The molecule has 2 aromatic heterocycles. The van der Waals surface area contributed by atoms with Gasteiger partial charge >= 0.3 is 0 Å². The van der Waals surface area contributed by atoms with Gasteiger partial charge in [-0.2, -0.15) is 10.4 Å². The number of nitrogens with zero attached hydrogens (tertiary/aromatic N) is 8. The van der Waals surface area contributed by atoms with E-state index in [0.29, 0.717) is 22.5 Å². The minimum Gasteiger partial charge on any atom is -0.467 e. The third-order valence-electron chi connectivity index (χ3n) is 5.17. The smallest absolute Gasteiger partial charge is 0.258 e. The molecule has 3 aromatic rings. The molecule has 2 bridgehead atoms. The van der Waals surface area contributed by atoms with Gasteiger partial charge in [-0.05, 0) is 25.1 Å². The molecule has 0 spiro atoms. The molecule has 2 aliphatic heterocycles. The van der Waals surface area contributed by atoms with E-state index in [4.69, 9.17) is 10.5 Å². The van der Waals surface area contributed by atoms with Crippen LogP contribution in [0.3, 0.4) is 0 Å². The van der Waals surface area contributed by atoms with Crippen molar-refractivity contribution in [1.29, 1.82) is 5.26 Å². The van der Waals surface area contributed by atoms with Gasteiger partial charge in [0, 0.05) is 12.6 Å². The van der Waals surface area contributed by atoms with Gasteiger partial charge in [0.2, 0.25) is 0 Å². The first-order valence-electron chi connectivity index (χ1n) is 9.42. The molecule has 0 aliphatic carbocycles. The van der Waals surface area contributed by atoms with E-state index in [1.54, 1.807) is 14.0 Å². The zero-order chi connectivity index (χ0) is 22.6. The summed E-state index contributed by atoms with van der Waals surface area (Å²) >= 11 is 0. The minimum absolute atomic E-state index is 0.0185. The van der Waals surface area contributed by atoms with E-state index in [1.807, 2.05) is 0 Å². The Kier molecular flexibility index (Phi) is 4.34. The van der Waals surface area contributed by atoms with Crippen LogP contribution >= 0.6 is 0 Å². The quantitative estimate of drug-likeness (QED) is 0.549. The molecule has 1 aromatic carbocycles. The average Bonchev–Trinajstić information content (AvgIpc) is 3.27. The van der Waals surface area contributed by atoms with Crippen LogP contribution in [-0.2, 0) is 22.7 Å². The van der Waals surface area contributed by atoms with Gasteiger partial charge in [-0.3, -0.25) is 4.68 Å². The topological polar surface area (TPSA) is 148 Å². The summed E-state index contributed by atoms with van der Waals surface area (Å²) in [6.45, 7) is 1.68. The van der Waals surface area contributed by atoms with Crippen LogP contribution < -0.4 is 14.8 Å². The van der Waals surface area contributed by atoms with E-state index in [0.717, 1.165) is 0 Å². The summed E-state index contributed by atoms with van der Waals surface area (Å²) < 4.78 is 40.7. The second kappa shape index (κ2) is 6.99. The van der Waals surface area contributed by atoms with Crippen molar-refractivity contribution in [2.75, 3.05) is 10.0 Å². The Hall–Kier alpha value is -4.05. The number of nitriles is 1. The van der Waals surface area contributed by atoms with Gasteiger partial charge in [0.25, 0.3) is 5.88 Å². The number of fused-ring (bicyclic) bond motifs is 7. The van der Waals surface area contributed by atoms with Crippen molar-refractivity contribution in [3.05, 3.63) is 47.2 Å². The number of aryl methyl sites for hydroxylation is 1. The lowest BCUT2D eigenvalue weighted by molar-refractivity contribution is 0.218. The largest absolute Gasteiger partial charge is 0.467 e. The lowest BCUT2D eigenvalue weighted by Gasteiger charge is -2.25. The van der Waals surface area contributed by atoms with E-state index < -0.39 is 21.8 Å². The van der Waals surface area contributed by atoms with Crippen molar-refractivity contribution in [2.45, 2.75) is 18.8 Å². The van der Waals surface area contributed by atoms with Gasteiger partial charge in [-0.15, -0.1) is 5.10 Å². The molecule has 0 amide bonds. The Bertz CT molecular complexity index is 1470. The summed E-state index contributed by atoms with van der Waals surface area (Å²) in [5.74, 6) is -0.610. The fraction of sp³-hybridized carbons (Fsp3) is 0.211. The fourth-order valence-electron chi connectivity index (χ4n) is 3.70. The molecule has 2 aliphatic rings. The maximum Gasteiger partial charge on any atom is 0.258 e. The summed E-state index contributed by atoms with van der Waals surface area (Å²) in [5.41, 5.74) is 7.91. The summed E-state index contributed by atoms with van der Waals surface area (Å²) in [5, 5.41) is 18.0. The first kappa shape index (κ1) is 19.9. The molecule has 1 unspecified atom stereocenters. The second-order valence-corrected chi connectivity index (χ2v) is 9.26. The van der Waals surface area contributed by atoms with Crippen LogP contribution in [-0.4, -0.2) is 30.3 Å². The van der Waals surface area contributed by atoms with Gasteiger partial charge in [0.1, 0.15) is 30.0 Å². The predicted molar refractivity (Wildman–Crippen MR) is 114 cm³/mol. The van der Waals surface area contributed by atoms with Gasteiger partial charge in [-0.25, -0.2) is 22.9 Å². The molecule has 13 heteroatoms. The molecule has 4 heterocycles. The Morgan fingerprint density at radius 3 is 3.00 bits per heavy atom. The van der Waals surface area contributed by atoms with Crippen LogP contribution in [0.4, 0.5) is 15.9 Å². The van der Waals surface area contributed by atoms with E-state index >= 15 is 0 Å². The van der Waals surface area contributed by atoms with Crippen molar-refractivity contribution in [3.8, 4) is 23.2 Å². The molecule has 0 saturated heterocycles. The minimum atomic E-state index is -3.20. The van der Waals surface area contributed by atoms with Gasteiger partial charge < -0.3 is 10.5 Å². The molecule has 0 fully saturated rings. The third-order valence-corrected chi connectivity index (χ3v) is 7.07.